The number of aryl methyl sites for hydroxylation is 1. The molecule has 0 aliphatic heterocycles. The molecule has 1 amide bonds. The van der Waals surface area contributed by atoms with Gasteiger partial charge in [0.1, 0.15) is 11.3 Å². The molecule has 0 saturated carbocycles. The topological polar surface area (TPSA) is 106 Å². The lowest BCUT2D eigenvalue weighted by Gasteiger charge is -2.12. The van der Waals surface area contributed by atoms with Gasteiger partial charge in [-0.2, -0.15) is 0 Å². The van der Waals surface area contributed by atoms with E-state index >= 15 is 0 Å². The van der Waals surface area contributed by atoms with Crippen molar-refractivity contribution in [3.05, 3.63) is 69.6 Å². The van der Waals surface area contributed by atoms with Crippen molar-refractivity contribution in [2.24, 2.45) is 0 Å². The van der Waals surface area contributed by atoms with Gasteiger partial charge in [-0.3, -0.25) is 0 Å². The molecule has 1 aromatic heterocycles. The van der Waals surface area contributed by atoms with Gasteiger partial charge in [-0.05, 0) is 49.4 Å². The van der Waals surface area contributed by atoms with Gasteiger partial charge in [0, 0.05) is 37.5 Å². The third-order valence-corrected chi connectivity index (χ3v) is 6.10. The molecule has 0 aliphatic carbocycles. The molecule has 8 nitrogen and oxygen atoms in total. The van der Waals surface area contributed by atoms with E-state index in [0.29, 0.717) is 27.7 Å². The van der Waals surface area contributed by atoms with Crippen LogP contribution in [0, 0.1) is 6.92 Å². The van der Waals surface area contributed by atoms with E-state index in [1.165, 1.54) is 30.1 Å². The lowest BCUT2D eigenvalue weighted by Crippen LogP contribution is -2.25. The number of amides is 1. The number of rotatable bonds is 5. The minimum atomic E-state index is -3.59. The molecule has 0 bridgehead atoms. The minimum absolute atomic E-state index is 0.123. The Morgan fingerprint density at radius 2 is 1.90 bits per heavy atom. The summed E-state index contributed by atoms with van der Waals surface area (Å²) in [4.78, 5) is 25.8. The monoisotopic (exact) mass is 430 g/mol. The first-order valence-corrected chi connectivity index (χ1v) is 10.6. The first kappa shape index (κ1) is 21.5. The third-order valence-electron chi connectivity index (χ3n) is 4.69. The van der Waals surface area contributed by atoms with Crippen LogP contribution in [0.2, 0.25) is 0 Å². The highest BCUT2D eigenvalue weighted by atomic mass is 32.2. The van der Waals surface area contributed by atoms with Crippen LogP contribution in [0.3, 0.4) is 0 Å². The molecule has 30 heavy (non-hydrogen) atoms. The van der Waals surface area contributed by atoms with Crippen LogP contribution in [0.1, 0.15) is 16.7 Å². The standard InChI is InChI=1S/C21H22N2O6S/c1-13-17-9-8-15(28-21(25)23(3)4)12-19(17)29-20(24)18(13)11-14-6-5-7-16(10-14)30(26,27)22-2/h5-10,12,22H,11H2,1-4H3. The summed E-state index contributed by atoms with van der Waals surface area (Å²) in [6.45, 7) is 1.80. The summed E-state index contributed by atoms with van der Waals surface area (Å²) in [6, 6.07) is 11.2. The molecule has 158 valence electrons. The molecule has 9 heteroatoms. The molecule has 3 aromatic rings. The molecule has 0 aliphatic rings. The van der Waals surface area contributed by atoms with Crippen molar-refractivity contribution in [1.82, 2.24) is 9.62 Å². The Balaban J connectivity index is 1.99. The van der Waals surface area contributed by atoms with Crippen LogP contribution in [0.25, 0.3) is 11.0 Å². The highest BCUT2D eigenvalue weighted by Gasteiger charge is 2.16. The maximum Gasteiger partial charge on any atom is 0.414 e. The second kappa shape index (κ2) is 8.29. The average Bonchev–Trinajstić information content (AvgIpc) is 2.71. The SMILES string of the molecule is CNS(=O)(=O)c1cccc(Cc2c(C)c3ccc(OC(=O)N(C)C)cc3oc2=O)c1. The number of hydrogen-bond acceptors (Lipinski definition) is 6. The number of sulfonamides is 1. The summed E-state index contributed by atoms with van der Waals surface area (Å²) in [5.74, 6) is 0.265. The van der Waals surface area contributed by atoms with E-state index in [0.717, 1.165) is 0 Å². The normalized spacial score (nSPS) is 11.5. The van der Waals surface area contributed by atoms with Crippen molar-refractivity contribution in [2.75, 3.05) is 21.1 Å². The Morgan fingerprint density at radius 3 is 2.57 bits per heavy atom. The molecule has 0 saturated heterocycles. The van der Waals surface area contributed by atoms with Crippen molar-refractivity contribution in [3.63, 3.8) is 0 Å². The van der Waals surface area contributed by atoms with Gasteiger partial charge in [0.15, 0.2) is 0 Å². The predicted molar refractivity (Wildman–Crippen MR) is 112 cm³/mol. The zero-order valence-electron chi connectivity index (χ0n) is 17.1. The van der Waals surface area contributed by atoms with Crippen LogP contribution in [-0.2, 0) is 16.4 Å². The van der Waals surface area contributed by atoms with Crippen molar-refractivity contribution >= 4 is 27.1 Å². The molecule has 0 fully saturated rings. The zero-order chi connectivity index (χ0) is 22.1. The molecule has 3 rings (SSSR count). The molecule has 0 unspecified atom stereocenters. The maximum absolute atomic E-state index is 12.6. The number of carbonyl (C=O) groups excluding carboxylic acids is 1. The number of ether oxygens (including phenoxy) is 1. The summed E-state index contributed by atoms with van der Waals surface area (Å²) in [7, 11) is 0.889. The maximum atomic E-state index is 12.6. The van der Waals surface area contributed by atoms with Crippen molar-refractivity contribution in [3.8, 4) is 5.75 Å². The molecular weight excluding hydrogens is 408 g/mol. The van der Waals surface area contributed by atoms with E-state index in [1.54, 1.807) is 45.3 Å². The van der Waals surface area contributed by atoms with Gasteiger partial charge in [0.25, 0.3) is 0 Å². The Bertz CT molecular complexity index is 1280. The van der Waals surface area contributed by atoms with E-state index < -0.39 is 21.7 Å². The predicted octanol–water partition coefficient (Wildman–Crippen LogP) is 2.66. The van der Waals surface area contributed by atoms with Crippen LogP contribution in [-0.4, -0.2) is 40.6 Å². The third kappa shape index (κ3) is 4.37. The second-order valence-corrected chi connectivity index (χ2v) is 8.83. The summed E-state index contributed by atoms with van der Waals surface area (Å²) in [5, 5.41) is 0.702. The molecule has 1 N–H and O–H groups in total. The molecule has 2 aromatic carbocycles. The van der Waals surface area contributed by atoms with Crippen LogP contribution >= 0.6 is 0 Å². The molecule has 1 heterocycles. The Hall–Kier alpha value is -3.17. The highest BCUT2D eigenvalue weighted by molar-refractivity contribution is 7.89. The average molecular weight is 430 g/mol. The number of nitrogens with zero attached hydrogens (tertiary/aromatic N) is 1. The van der Waals surface area contributed by atoms with Crippen LogP contribution < -0.4 is 15.1 Å². The van der Waals surface area contributed by atoms with E-state index in [4.69, 9.17) is 9.15 Å². The minimum Gasteiger partial charge on any atom is -0.422 e. The zero-order valence-corrected chi connectivity index (χ0v) is 17.9. The molecule has 0 atom stereocenters. The Kier molecular flexibility index (Phi) is 5.95. The van der Waals surface area contributed by atoms with Gasteiger partial charge < -0.3 is 14.1 Å². The molecule has 0 spiro atoms. The van der Waals surface area contributed by atoms with E-state index in [-0.39, 0.29) is 17.1 Å². The van der Waals surface area contributed by atoms with Gasteiger partial charge in [-0.15, -0.1) is 0 Å². The van der Waals surface area contributed by atoms with Crippen molar-refractivity contribution in [2.45, 2.75) is 18.2 Å². The van der Waals surface area contributed by atoms with Gasteiger partial charge in [-0.1, -0.05) is 12.1 Å². The Morgan fingerprint density at radius 1 is 1.17 bits per heavy atom. The van der Waals surface area contributed by atoms with Crippen molar-refractivity contribution < 1.29 is 22.4 Å². The largest absolute Gasteiger partial charge is 0.422 e. The van der Waals surface area contributed by atoms with Gasteiger partial charge in [0.05, 0.1) is 4.90 Å². The first-order chi connectivity index (χ1) is 14.1. The van der Waals surface area contributed by atoms with Crippen LogP contribution in [0.4, 0.5) is 4.79 Å². The van der Waals surface area contributed by atoms with Crippen LogP contribution in [0.15, 0.2) is 56.6 Å². The van der Waals surface area contributed by atoms with E-state index in [1.807, 2.05) is 0 Å². The van der Waals surface area contributed by atoms with E-state index in [2.05, 4.69) is 4.72 Å². The molecular formula is C21H22N2O6S. The second-order valence-electron chi connectivity index (χ2n) is 6.95. The summed E-state index contributed by atoms with van der Waals surface area (Å²) >= 11 is 0. The summed E-state index contributed by atoms with van der Waals surface area (Å²) in [6.07, 6.45) is -0.324. The number of carbonyl (C=O) groups is 1. The number of fused-ring (bicyclic) bond motifs is 1. The number of hydrogen-bond donors (Lipinski definition) is 1. The lowest BCUT2D eigenvalue weighted by atomic mass is 9.99. The highest BCUT2D eigenvalue weighted by Crippen LogP contribution is 2.26. The number of nitrogens with one attached hydrogen (secondary N) is 1. The van der Waals surface area contributed by atoms with Gasteiger partial charge >= 0.3 is 11.7 Å². The lowest BCUT2D eigenvalue weighted by molar-refractivity contribution is 0.172. The molecule has 0 radical (unpaired) electrons. The fourth-order valence-electron chi connectivity index (χ4n) is 2.98. The Labute approximate surface area is 174 Å². The fraction of sp³-hybridized carbons (Fsp3) is 0.238. The van der Waals surface area contributed by atoms with E-state index in [9.17, 15) is 18.0 Å². The summed E-state index contributed by atoms with van der Waals surface area (Å²) < 4.78 is 37.0. The van der Waals surface area contributed by atoms with Gasteiger partial charge in [0.2, 0.25) is 10.0 Å². The van der Waals surface area contributed by atoms with Crippen molar-refractivity contribution in [1.29, 1.82) is 0 Å². The van der Waals surface area contributed by atoms with Gasteiger partial charge in [-0.25, -0.2) is 22.7 Å². The summed E-state index contributed by atoms with van der Waals surface area (Å²) in [5.41, 5.74) is 1.58. The smallest absolute Gasteiger partial charge is 0.414 e. The quantitative estimate of drug-likeness (QED) is 0.624. The number of benzene rings is 2. The fourth-order valence-corrected chi connectivity index (χ4v) is 3.78. The first-order valence-electron chi connectivity index (χ1n) is 9.10. The van der Waals surface area contributed by atoms with Crippen LogP contribution in [0.5, 0.6) is 5.75 Å².